The molecule has 5 nitrogen and oxygen atoms in total. The van der Waals surface area contributed by atoms with Crippen molar-refractivity contribution in [3.8, 4) is 5.75 Å². The molecule has 6 heteroatoms. The Balaban J connectivity index is 1.90. The Morgan fingerprint density at radius 3 is 2.36 bits per heavy atom. The van der Waals surface area contributed by atoms with E-state index >= 15 is 0 Å². The van der Waals surface area contributed by atoms with Crippen LogP contribution in [0.3, 0.4) is 0 Å². The summed E-state index contributed by atoms with van der Waals surface area (Å²) in [4.78, 5) is 12.2. The predicted molar refractivity (Wildman–Crippen MR) is 105 cm³/mol. The third-order valence-electron chi connectivity index (χ3n) is 3.80. The monoisotopic (exact) mass is 357 g/mol. The van der Waals surface area contributed by atoms with Crippen LogP contribution in [0, 0.1) is 6.92 Å². The van der Waals surface area contributed by atoms with Crippen molar-refractivity contribution >= 4 is 28.9 Å². The second kappa shape index (κ2) is 8.48. The Kier molecular flexibility index (Phi) is 6.36. The highest BCUT2D eigenvalue weighted by atomic mass is 32.1. The third kappa shape index (κ3) is 5.19. The normalized spacial score (nSPS) is 10.3. The molecule has 0 atom stereocenters. The lowest BCUT2D eigenvalue weighted by Crippen LogP contribution is -2.43. The highest BCUT2D eigenvalue weighted by molar-refractivity contribution is 7.80. The van der Waals surface area contributed by atoms with E-state index in [0.29, 0.717) is 22.3 Å². The SMILES string of the molecule is COc1cc(C(=O)NNC(=S)Nc2ccc(C(C)C)cc2)ccc1C. The quantitative estimate of drug-likeness (QED) is 0.574. The first kappa shape index (κ1) is 18.7. The molecular formula is C19H23N3O2S. The van der Waals surface area contributed by atoms with Gasteiger partial charge in [-0.15, -0.1) is 0 Å². The molecule has 132 valence electrons. The van der Waals surface area contributed by atoms with Crippen molar-refractivity contribution in [2.24, 2.45) is 0 Å². The number of ether oxygens (including phenoxy) is 1. The van der Waals surface area contributed by atoms with E-state index in [0.717, 1.165) is 11.3 Å². The lowest BCUT2D eigenvalue weighted by molar-refractivity contribution is 0.0944. The summed E-state index contributed by atoms with van der Waals surface area (Å²) < 4.78 is 5.23. The number of methoxy groups -OCH3 is 1. The maximum Gasteiger partial charge on any atom is 0.269 e. The Morgan fingerprint density at radius 2 is 1.76 bits per heavy atom. The fraction of sp³-hybridized carbons (Fsp3) is 0.263. The Morgan fingerprint density at radius 1 is 1.08 bits per heavy atom. The highest BCUT2D eigenvalue weighted by Gasteiger charge is 2.09. The molecule has 0 saturated carbocycles. The van der Waals surface area contributed by atoms with Crippen LogP contribution >= 0.6 is 12.2 Å². The second-order valence-corrected chi connectivity index (χ2v) is 6.40. The van der Waals surface area contributed by atoms with Crippen LogP contribution in [0.5, 0.6) is 5.75 Å². The van der Waals surface area contributed by atoms with E-state index in [1.807, 2.05) is 37.3 Å². The van der Waals surface area contributed by atoms with Gasteiger partial charge in [-0.2, -0.15) is 0 Å². The first-order chi connectivity index (χ1) is 11.9. The van der Waals surface area contributed by atoms with Gasteiger partial charge in [-0.25, -0.2) is 0 Å². The molecule has 0 radical (unpaired) electrons. The molecule has 25 heavy (non-hydrogen) atoms. The van der Waals surface area contributed by atoms with Crippen LogP contribution in [0.1, 0.15) is 41.3 Å². The molecule has 3 N–H and O–H groups in total. The Hall–Kier alpha value is -2.60. The van der Waals surface area contributed by atoms with Crippen LogP contribution in [0.15, 0.2) is 42.5 Å². The van der Waals surface area contributed by atoms with Crippen molar-refractivity contribution in [1.29, 1.82) is 0 Å². The fourth-order valence-corrected chi connectivity index (χ4v) is 2.43. The molecule has 0 spiro atoms. The lowest BCUT2D eigenvalue weighted by Gasteiger charge is -2.13. The smallest absolute Gasteiger partial charge is 0.269 e. The zero-order valence-corrected chi connectivity index (χ0v) is 15.7. The zero-order valence-electron chi connectivity index (χ0n) is 14.8. The van der Waals surface area contributed by atoms with E-state index in [2.05, 4.69) is 30.0 Å². The van der Waals surface area contributed by atoms with E-state index < -0.39 is 0 Å². The molecule has 0 saturated heterocycles. The van der Waals surface area contributed by atoms with Gasteiger partial charge in [0.25, 0.3) is 5.91 Å². The van der Waals surface area contributed by atoms with Crippen LogP contribution in [-0.2, 0) is 0 Å². The summed E-state index contributed by atoms with van der Waals surface area (Å²) in [6, 6.07) is 13.3. The molecule has 2 aromatic carbocycles. The van der Waals surface area contributed by atoms with Gasteiger partial charge in [0.15, 0.2) is 5.11 Å². The number of hydrazine groups is 1. The molecule has 1 amide bonds. The number of benzene rings is 2. The first-order valence-corrected chi connectivity index (χ1v) is 8.43. The minimum Gasteiger partial charge on any atom is -0.496 e. The Labute approximate surface area is 153 Å². The fourth-order valence-electron chi connectivity index (χ4n) is 2.26. The summed E-state index contributed by atoms with van der Waals surface area (Å²) in [7, 11) is 1.58. The number of aryl methyl sites for hydroxylation is 1. The predicted octanol–water partition coefficient (Wildman–Crippen LogP) is 3.76. The van der Waals surface area contributed by atoms with Crippen LogP contribution < -0.4 is 20.9 Å². The summed E-state index contributed by atoms with van der Waals surface area (Å²) in [6.45, 7) is 6.21. The van der Waals surface area contributed by atoms with E-state index in [4.69, 9.17) is 17.0 Å². The summed E-state index contributed by atoms with van der Waals surface area (Å²) in [6.07, 6.45) is 0. The molecule has 0 aliphatic carbocycles. The lowest BCUT2D eigenvalue weighted by atomic mass is 10.0. The van der Waals surface area contributed by atoms with Gasteiger partial charge in [-0.1, -0.05) is 32.0 Å². The van der Waals surface area contributed by atoms with Gasteiger partial charge < -0.3 is 10.1 Å². The molecule has 2 rings (SSSR count). The first-order valence-electron chi connectivity index (χ1n) is 8.02. The standard InChI is InChI=1S/C19H23N3O2S/c1-12(2)14-7-9-16(10-8-14)20-19(25)22-21-18(23)15-6-5-13(3)17(11-15)24-4/h5-12H,1-4H3,(H,21,23)(H2,20,22,25). The summed E-state index contributed by atoms with van der Waals surface area (Å²) >= 11 is 5.20. The average Bonchev–Trinajstić information content (AvgIpc) is 2.60. The van der Waals surface area contributed by atoms with E-state index in [-0.39, 0.29) is 5.91 Å². The van der Waals surface area contributed by atoms with Crippen LogP contribution in [0.25, 0.3) is 0 Å². The van der Waals surface area contributed by atoms with Crippen LogP contribution in [-0.4, -0.2) is 18.1 Å². The molecule has 0 aliphatic rings. The Bertz CT molecular complexity index is 758. The van der Waals surface area contributed by atoms with Crippen molar-refractivity contribution in [2.45, 2.75) is 26.7 Å². The minimum absolute atomic E-state index is 0.294. The number of nitrogens with one attached hydrogen (secondary N) is 3. The van der Waals surface area contributed by atoms with Crippen LogP contribution in [0.4, 0.5) is 5.69 Å². The average molecular weight is 357 g/mol. The van der Waals surface area contributed by atoms with Gasteiger partial charge in [0.1, 0.15) is 5.75 Å². The number of thiocarbonyl (C=S) groups is 1. The van der Waals surface area contributed by atoms with Gasteiger partial charge in [-0.05, 0) is 60.5 Å². The number of carbonyl (C=O) groups is 1. The topological polar surface area (TPSA) is 62.4 Å². The van der Waals surface area contributed by atoms with Crippen LogP contribution in [0.2, 0.25) is 0 Å². The maximum atomic E-state index is 12.2. The number of anilines is 1. The number of rotatable bonds is 4. The number of hydrogen-bond acceptors (Lipinski definition) is 3. The molecular weight excluding hydrogens is 334 g/mol. The van der Waals surface area contributed by atoms with Gasteiger partial charge in [0, 0.05) is 11.3 Å². The van der Waals surface area contributed by atoms with Gasteiger partial charge in [0.2, 0.25) is 0 Å². The summed E-state index contributed by atoms with van der Waals surface area (Å²) in [5.74, 6) is 0.848. The minimum atomic E-state index is -0.294. The van der Waals surface area contributed by atoms with Gasteiger partial charge >= 0.3 is 0 Å². The molecule has 0 aromatic heterocycles. The van der Waals surface area contributed by atoms with E-state index in [1.54, 1.807) is 19.2 Å². The summed E-state index contributed by atoms with van der Waals surface area (Å²) in [5, 5.41) is 3.34. The molecule has 0 unspecified atom stereocenters. The molecule has 2 aromatic rings. The zero-order chi connectivity index (χ0) is 18.4. The van der Waals surface area contributed by atoms with E-state index in [9.17, 15) is 4.79 Å². The third-order valence-corrected chi connectivity index (χ3v) is 4.00. The van der Waals surface area contributed by atoms with Crippen molar-refractivity contribution in [1.82, 2.24) is 10.9 Å². The number of hydrogen-bond donors (Lipinski definition) is 3. The second-order valence-electron chi connectivity index (χ2n) is 5.99. The van der Waals surface area contributed by atoms with Crippen molar-refractivity contribution in [3.63, 3.8) is 0 Å². The van der Waals surface area contributed by atoms with Crippen molar-refractivity contribution in [2.75, 3.05) is 12.4 Å². The van der Waals surface area contributed by atoms with Crippen molar-refractivity contribution in [3.05, 3.63) is 59.2 Å². The van der Waals surface area contributed by atoms with Gasteiger partial charge in [-0.3, -0.25) is 15.6 Å². The van der Waals surface area contributed by atoms with E-state index in [1.165, 1.54) is 5.56 Å². The van der Waals surface area contributed by atoms with Crippen molar-refractivity contribution < 1.29 is 9.53 Å². The maximum absolute atomic E-state index is 12.2. The van der Waals surface area contributed by atoms with Gasteiger partial charge in [0.05, 0.1) is 7.11 Å². The summed E-state index contributed by atoms with van der Waals surface area (Å²) in [5.41, 5.74) is 8.83. The number of carbonyl (C=O) groups excluding carboxylic acids is 1. The largest absolute Gasteiger partial charge is 0.496 e. The number of amides is 1. The molecule has 0 heterocycles. The molecule has 0 bridgehead atoms. The molecule has 0 fully saturated rings. The molecule has 0 aliphatic heterocycles. The highest BCUT2D eigenvalue weighted by Crippen LogP contribution is 2.19.